The van der Waals surface area contributed by atoms with E-state index in [1.807, 2.05) is 35.0 Å². The van der Waals surface area contributed by atoms with Crippen molar-refractivity contribution in [3.8, 4) is 5.69 Å². The van der Waals surface area contributed by atoms with Crippen LogP contribution in [0.3, 0.4) is 0 Å². The highest BCUT2D eigenvalue weighted by Crippen LogP contribution is 2.38. The average molecular weight is 473 g/mol. The molecule has 7 heteroatoms. The first-order valence-corrected chi connectivity index (χ1v) is 12.3. The van der Waals surface area contributed by atoms with Gasteiger partial charge in [-0.1, -0.05) is 44.2 Å². The predicted molar refractivity (Wildman–Crippen MR) is 135 cm³/mol. The molecular formula is C28H32N4O3. The lowest BCUT2D eigenvalue weighted by Crippen LogP contribution is -2.29. The van der Waals surface area contributed by atoms with Crippen LogP contribution in [0.25, 0.3) is 5.69 Å². The Labute approximate surface area is 205 Å². The Kier molecular flexibility index (Phi) is 6.19. The van der Waals surface area contributed by atoms with E-state index in [0.29, 0.717) is 37.3 Å². The molecule has 1 aliphatic carbocycles. The van der Waals surface area contributed by atoms with Gasteiger partial charge in [-0.15, -0.1) is 0 Å². The predicted octanol–water partition coefficient (Wildman–Crippen LogP) is 4.31. The number of amides is 1. The highest BCUT2D eigenvalue weighted by atomic mass is 16.5. The van der Waals surface area contributed by atoms with E-state index in [2.05, 4.69) is 31.3 Å². The summed E-state index contributed by atoms with van der Waals surface area (Å²) < 4.78 is 7.37. The first kappa shape index (κ1) is 23.3. The molecule has 0 saturated carbocycles. The third kappa shape index (κ3) is 4.86. The molecule has 5 rings (SSSR count). The Morgan fingerprint density at radius 1 is 1.14 bits per heavy atom. The van der Waals surface area contributed by atoms with Crippen LogP contribution in [0.1, 0.15) is 70.8 Å². The van der Waals surface area contributed by atoms with Crippen LogP contribution in [0.5, 0.6) is 0 Å². The van der Waals surface area contributed by atoms with E-state index in [-0.39, 0.29) is 17.2 Å². The van der Waals surface area contributed by atoms with E-state index in [0.717, 1.165) is 47.5 Å². The molecule has 2 aromatic carbocycles. The summed E-state index contributed by atoms with van der Waals surface area (Å²) in [7, 11) is 0. The summed E-state index contributed by atoms with van der Waals surface area (Å²) in [6.45, 7) is 5.62. The monoisotopic (exact) mass is 472 g/mol. The summed E-state index contributed by atoms with van der Waals surface area (Å²) in [5.74, 6) is -0.336. The van der Waals surface area contributed by atoms with Gasteiger partial charge in [-0.2, -0.15) is 5.10 Å². The molecule has 2 heterocycles. The van der Waals surface area contributed by atoms with Crippen molar-refractivity contribution < 1.29 is 14.3 Å². The maximum Gasteiger partial charge on any atom is 0.250 e. The van der Waals surface area contributed by atoms with Crippen LogP contribution in [0, 0.1) is 5.41 Å². The van der Waals surface area contributed by atoms with E-state index in [4.69, 9.17) is 15.6 Å². The number of carbonyl (C=O) groups excluding carboxylic acids is 2. The number of Topliss-reactive ketones (excluding diaryl/α,β-unsaturated/α-hetero) is 1. The van der Waals surface area contributed by atoms with Gasteiger partial charge in [-0.05, 0) is 48.4 Å². The minimum Gasteiger partial charge on any atom is -0.381 e. The maximum atomic E-state index is 13.3. The normalized spacial score (nSPS) is 17.7. The summed E-state index contributed by atoms with van der Waals surface area (Å²) in [5, 5.41) is 8.47. The summed E-state index contributed by atoms with van der Waals surface area (Å²) in [6, 6.07) is 15.8. The second-order valence-electron chi connectivity index (χ2n) is 10.4. The average Bonchev–Trinajstić information content (AvgIpc) is 3.17. The third-order valence-corrected chi connectivity index (χ3v) is 6.93. The number of ether oxygens (including phenoxy) is 1. The van der Waals surface area contributed by atoms with Crippen molar-refractivity contribution in [3.63, 3.8) is 0 Å². The Bertz CT molecular complexity index is 1260. The fraction of sp³-hybridized carbons (Fsp3) is 0.393. The fourth-order valence-electron chi connectivity index (χ4n) is 5.21. The van der Waals surface area contributed by atoms with Gasteiger partial charge in [0.15, 0.2) is 5.78 Å². The van der Waals surface area contributed by atoms with Crippen LogP contribution in [-0.2, 0) is 17.6 Å². The van der Waals surface area contributed by atoms with Gasteiger partial charge in [0.1, 0.15) is 0 Å². The number of hydrogen-bond acceptors (Lipinski definition) is 5. The molecule has 7 nitrogen and oxygen atoms in total. The summed E-state index contributed by atoms with van der Waals surface area (Å²) in [5.41, 5.74) is 11.1. The molecule has 1 saturated heterocycles. The van der Waals surface area contributed by atoms with E-state index in [9.17, 15) is 9.59 Å². The zero-order valence-electron chi connectivity index (χ0n) is 20.3. The number of primary amides is 1. The molecule has 3 N–H and O–H groups in total. The van der Waals surface area contributed by atoms with Crippen molar-refractivity contribution >= 4 is 17.4 Å². The third-order valence-electron chi connectivity index (χ3n) is 6.93. The lowest BCUT2D eigenvalue weighted by molar-refractivity contribution is 0.0902. The number of aromatic nitrogens is 2. The van der Waals surface area contributed by atoms with Gasteiger partial charge in [0.2, 0.25) is 0 Å². The number of nitrogens with one attached hydrogen (secondary N) is 1. The van der Waals surface area contributed by atoms with Crippen molar-refractivity contribution in [2.24, 2.45) is 11.1 Å². The minimum absolute atomic E-state index is 0.141. The van der Waals surface area contributed by atoms with Crippen LogP contribution in [0.2, 0.25) is 0 Å². The number of benzene rings is 2. The molecule has 35 heavy (non-hydrogen) atoms. The van der Waals surface area contributed by atoms with Crippen molar-refractivity contribution in [3.05, 3.63) is 76.6 Å². The first-order valence-electron chi connectivity index (χ1n) is 12.3. The molecule has 0 atom stereocenters. The zero-order chi connectivity index (χ0) is 24.6. The Morgan fingerprint density at radius 2 is 1.89 bits per heavy atom. The van der Waals surface area contributed by atoms with Crippen molar-refractivity contribution in [2.45, 2.75) is 52.0 Å². The SMILES string of the molecule is CC1(C)CC(=O)c2c(Cc3ccccc3)nn(-c3ccc(C(N)=O)c(NC4CCOCC4)c3)c2C1. The molecule has 2 aliphatic rings. The second kappa shape index (κ2) is 9.30. The first-order chi connectivity index (χ1) is 16.8. The molecule has 0 unspecified atom stereocenters. The van der Waals surface area contributed by atoms with E-state index < -0.39 is 5.91 Å². The van der Waals surface area contributed by atoms with E-state index in [1.165, 1.54) is 0 Å². The van der Waals surface area contributed by atoms with Gasteiger partial charge in [0, 0.05) is 37.8 Å². The zero-order valence-corrected chi connectivity index (χ0v) is 20.3. The standard InChI is InChI=1S/C28H32N4O3/c1-28(2)16-24-26(25(33)17-28)23(14-18-6-4-3-5-7-18)31-32(24)20-8-9-21(27(29)34)22(15-20)30-19-10-12-35-13-11-19/h3-9,15,19,30H,10-14,16-17H2,1-2H3,(H2,29,34). The highest BCUT2D eigenvalue weighted by Gasteiger charge is 2.36. The maximum absolute atomic E-state index is 13.3. The van der Waals surface area contributed by atoms with Crippen molar-refractivity contribution in [1.82, 2.24) is 9.78 Å². The van der Waals surface area contributed by atoms with Crippen LogP contribution < -0.4 is 11.1 Å². The number of nitrogens with zero attached hydrogens (tertiary/aromatic N) is 2. The Balaban J connectivity index is 1.59. The summed E-state index contributed by atoms with van der Waals surface area (Å²) in [6.07, 6.45) is 3.57. The van der Waals surface area contributed by atoms with Gasteiger partial charge < -0.3 is 15.8 Å². The van der Waals surface area contributed by atoms with Crippen LogP contribution in [0.15, 0.2) is 48.5 Å². The minimum atomic E-state index is -0.477. The molecule has 3 aromatic rings. The number of rotatable bonds is 6. The number of ketones is 1. The van der Waals surface area contributed by atoms with Gasteiger partial charge in [0.25, 0.3) is 5.91 Å². The van der Waals surface area contributed by atoms with Crippen molar-refractivity contribution in [2.75, 3.05) is 18.5 Å². The van der Waals surface area contributed by atoms with Gasteiger partial charge in [-0.3, -0.25) is 9.59 Å². The molecule has 0 bridgehead atoms. The second-order valence-corrected chi connectivity index (χ2v) is 10.4. The topological polar surface area (TPSA) is 99.2 Å². The largest absolute Gasteiger partial charge is 0.381 e. The number of fused-ring (bicyclic) bond motifs is 1. The van der Waals surface area contributed by atoms with E-state index in [1.54, 1.807) is 6.07 Å². The Morgan fingerprint density at radius 3 is 2.60 bits per heavy atom. The van der Waals surface area contributed by atoms with Crippen molar-refractivity contribution in [1.29, 1.82) is 0 Å². The molecule has 1 aliphatic heterocycles. The lowest BCUT2D eigenvalue weighted by Gasteiger charge is -2.29. The van der Waals surface area contributed by atoms with Gasteiger partial charge in [-0.25, -0.2) is 4.68 Å². The molecule has 1 fully saturated rings. The smallest absolute Gasteiger partial charge is 0.250 e. The summed E-state index contributed by atoms with van der Waals surface area (Å²) in [4.78, 5) is 25.5. The molecule has 0 radical (unpaired) electrons. The van der Waals surface area contributed by atoms with Crippen LogP contribution in [0.4, 0.5) is 5.69 Å². The van der Waals surface area contributed by atoms with Crippen LogP contribution in [-0.4, -0.2) is 40.7 Å². The van der Waals surface area contributed by atoms with E-state index >= 15 is 0 Å². The highest BCUT2D eigenvalue weighted by molar-refractivity contribution is 6.00. The number of hydrogen-bond donors (Lipinski definition) is 2. The van der Waals surface area contributed by atoms with Gasteiger partial charge >= 0.3 is 0 Å². The van der Waals surface area contributed by atoms with Gasteiger partial charge in [0.05, 0.1) is 28.2 Å². The summed E-state index contributed by atoms with van der Waals surface area (Å²) >= 11 is 0. The Hall–Kier alpha value is -3.45. The molecule has 182 valence electrons. The molecular weight excluding hydrogens is 440 g/mol. The number of carbonyl (C=O) groups is 2. The fourth-order valence-corrected chi connectivity index (χ4v) is 5.21. The quantitative estimate of drug-likeness (QED) is 0.557. The van der Waals surface area contributed by atoms with Crippen LogP contribution >= 0.6 is 0 Å². The number of nitrogens with two attached hydrogens (primary N) is 1. The molecule has 1 amide bonds. The molecule has 1 aromatic heterocycles. The number of anilines is 1. The lowest BCUT2D eigenvalue weighted by atomic mass is 9.75. The molecule has 0 spiro atoms.